The fourth-order valence-electron chi connectivity index (χ4n) is 2.29. The van der Waals surface area contributed by atoms with Gasteiger partial charge in [0.05, 0.1) is 0 Å². The van der Waals surface area contributed by atoms with Gasteiger partial charge in [-0.3, -0.25) is 4.79 Å². The number of aryl methyl sites for hydroxylation is 1. The maximum Gasteiger partial charge on any atom is 0.293 e. The second-order valence-corrected chi connectivity index (χ2v) is 4.49. The first-order valence-electron chi connectivity index (χ1n) is 6.22. The minimum atomic E-state index is -0.00518. The van der Waals surface area contributed by atoms with E-state index in [4.69, 9.17) is 0 Å². The zero-order valence-corrected chi connectivity index (χ0v) is 10.5. The summed E-state index contributed by atoms with van der Waals surface area (Å²) in [7, 11) is 1.76. The number of piperidine rings is 1. The first kappa shape index (κ1) is 12.1. The second-order valence-electron chi connectivity index (χ2n) is 4.49. The van der Waals surface area contributed by atoms with Crippen molar-refractivity contribution in [1.82, 2.24) is 14.9 Å². The average Bonchev–Trinajstić information content (AvgIpc) is 2.34. The lowest BCUT2D eigenvalue weighted by Crippen LogP contribution is -2.44. The molecule has 1 fully saturated rings. The predicted molar refractivity (Wildman–Crippen MR) is 68.4 cm³/mol. The SMILES string of the molecule is CCNC1CCN(c2nccn(C)c2=O)CC1. The quantitative estimate of drug-likeness (QED) is 0.823. The molecule has 1 aliphatic heterocycles. The molecule has 17 heavy (non-hydrogen) atoms. The van der Waals surface area contributed by atoms with Crippen molar-refractivity contribution in [2.24, 2.45) is 7.05 Å². The van der Waals surface area contributed by atoms with Gasteiger partial charge in [-0.15, -0.1) is 0 Å². The van der Waals surface area contributed by atoms with E-state index in [1.807, 2.05) is 0 Å². The van der Waals surface area contributed by atoms with Crippen molar-refractivity contribution in [3.8, 4) is 0 Å². The minimum absolute atomic E-state index is 0.00518. The van der Waals surface area contributed by atoms with Gasteiger partial charge in [0.25, 0.3) is 5.56 Å². The highest BCUT2D eigenvalue weighted by Crippen LogP contribution is 2.14. The lowest BCUT2D eigenvalue weighted by molar-refractivity contribution is 0.421. The molecule has 0 spiro atoms. The van der Waals surface area contributed by atoms with Crippen molar-refractivity contribution in [2.45, 2.75) is 25.8 Å². The van der Waals surface area contributed by atoms with Gasteiger partial charge in [-0.2, -0.15) is 0 Å². The third-order valence-corrected chi connectivity index (χ3v) is 3.29. The molecule has 2 rings (SSSR count). The minimum Gasteiger partial charge on any atom is -0.352 e. The summed E-state index contributed by atoms with van der Waals surface area (Å²) in [4.78, 5) is 18.2. The van der Waals surface area contributed by atoms with Gasteiger partial charge in [0, 0.05) is 38.6 Å². The van der Waals surface area contributed by atoms with Crippen molar-refractivity contribution in [3.63, 3.8) is 0 Å². The molecule has 0 radical (unpaired) electrons. The Labute approximate surface area is 101 Å². The number of hydrogen-bond acceptors (Lipinski definition) is 4. The van der Waals surface area contributed by atoms with Crippen LogP contribution in [0.1, 0.15) is 19.8 Å². The van der Waals surface area contributed by atoms with Crippen molar-refractivity contribution in [2.75, 3.05) is 24.5 Å². The highest BCUT2D eigenvalue weighted by molar-refractivity contribution is 5.36. The number of rotatable bonds is 3. The standard InChI is InChI=1S/C12H20N4O/c1-3-13-10-4-7-16(8-5-10)11-12(17)15(2)9-6-14-11/h6,9-10,13H,3-5,7-8H2,1-2H3. The molecule has 1 N–H and O–H groups in total. The van der Waals surface area contributed by atoms with E-state index in [1.54, 1.807) is 24.0 Å². The van der Waals surface area contributed by atoms with E-state index in [0.717, 1.165) is 32.5 Å². The number of aromatic nitrogens is 2. The summed E-state index contributed by atoms with van der Waals surface area (Å²) in [5, 5.41) is 3.45. The molecule has 94 valence electrons. The third-order valence-electron chi connectivity index (χ3n) is 3.29. The Morgan fingerprint density at radius 3 is 2.82 bits per heavy atom. The molecule has 1 aromatic rings. The summed E-state index contributed by atoms with van der Waals surface area (Å²) in [6, 6.07) is 0.587. The van der Waals surface area contributed by atoms with E-state index in [9.17, 15) is 4.79 Å². The Morgan fingerprint density at radius 1 is 1.47 bits per heavy atom. The molecule has 0 aromatic carbocycles. The van der Waals surface area contributed by atoms with Gasteiger partial charge < -0.3 is 14.8 Å². The average molecular weight is 236 g/mol. The van der Waals surface area contributed by atoms with Crippen LogP contribution in [0.15, 0.2) is 17.2 Å². The van der Waals surface area contributed by atoms with Crippen LogP contribution in [-0.2, 0) is 7.05 Å². The Balaban J connectivity index is 2.06. The van der Waals surface area contributed by atoms with Gasteiger partial charge in [0.1, 0.15) is 0 Å². The molecule has 5 heteroatoms. The first-order chi connectivity index (χ1) is 8.22. The van der Waals surface area contributed by atoms with Gasteiger partial charge in [-0.05, 0) is 19.4 Å². The van der Waals surface area contributed by atoms with Gasteiger partial charge >= 0.3 is 0 Å². The Bertz CT molecular complexity index is 421. The van der Waals surface area contributed by atoms with Gasteiger partial charge in [0.15, 0.2) is 5.82 Å². The zero-order valence-electron chi connectivity index (χ0n) is 10.5. The smallest absolute Gasteiger partial charge is 0.293 e. The molecule has 0 aliphatic carbocycles. The van der Waals surface area contributed by atoms with Crippen LogP contribution < -0.4 is 15.8 Å². The Hall–Kier alpha value is -1.36. The van der Waals surface area contributed by atoms with Gasteiger partial charge in [0.2, 0.25) is 0 Å². The molecule has 0 amide bonds. The van der Waals surface area contributed by atoms with Crippen molar-refractivity contribution < 1.29 is 0 Å². The van der Waals surface area contributed by atoms with Gasteiger partial charge in [-0.1, -0.05) is 6.92 Å². The van der Waals surface area contributed by atoms with Crippen LogP contribution in [0.4, 0.5) is 5.82 Å². The number of nitrogens with zero attached hydrogens (tertiary/aromatic N) is 3. The van der Waals surface area contributed by atoms with E-state index >= 15 is 0 Å². The summed E-state index contributed by atoms with van der Waals surface area (Å²) in [5.74, 6) is 0.588. The lowest BCUT2D eigenvalue weighted by Gasteiger charge is -2.32. The fourth-order valence-corrected chi connectivity index (χ4v) is 2.29. The molecule has 1 aromatic heterocycles. The van der Waals surface area contributed by atoms with Crippen LogP contribution in [0.5, 0.6) is 0 Å². The normalized spacial score (nSPS) is 17.4. The van der Waals surface area contributed by atoms with Crippen molar-refractivity contribution in [1.29, 1.82) is 0 Å². The van der Waals surface area contributed by atoms with Crippen LogP contribution in [-0.4, -0.2) is 35.2 Å². The zero-order chi connectivity index (χ0) is 12.3. The van der Waals surface area contributed by atoms with E-state index < -0.39 is 0 Å². The molecule has 0 atom stereocenters. The molecule has 0 bridgehead atoms. The molecule has 2 heterocycles. The van der Waals surface area contributed by atoms with Crippen LogP contribution in [0.3, 0.4) is 0 Å². The van der Waals surface area contributed by atoms with Crippen LogP contribution in [0.2, 0.25) is 0 Å². The lowest BCUT2D eigenvalue weighted by atomic mass is 10.1. The summed E-state index contributed by atoms with van der Waals surface area (Å²) in [6.07, 6.45) is 5.53. The summed E-state index contributed by atoms with van der Waals surface area (Å²) >= 11 is 0. The largest absolute Gasteiger partial charge is 0.352 e. The van der Waals surface area contributed by atoms with Crippen LogP contribution in [0.25, 0.3) is 0 Å². The Morgan fingerprint density at radius 2 is 2.18 bits per heavy atom. The van der Waals surface area contributed by atoms with E-state index in [1.165, 1.54) is 0 Å². The second kappa shape index (κ2) is 5.31. The fraction of sp³-hybridized carbons (Fsp3) is 0.667. The third kappa shape index (κ3) is 2.66. The first-order valence-corrected chi connectivity index (χ1v) is 6.22. The maximum absolute atomic E-state index is 11.9. The number of anilines is 1. The summed E-state index contributed by atoms with van der Waals surface area (Å²) in [6.45, 7) is 4.95. The Kier molecular flexibility index (Phi) is 3.78. The number of nitrogens with one attached hydrogen (secondary N) is 1. The molecule has 1 saturated heterocycles. The number of hydrogen-bond donors (Lipinski definition) is 1. The highest BCUT2D eigenvalue weighted by atomic mass is 16.1. The molecule has 0 saturated carbocycles. The van der Waals surface area contributed by atoms with Crippen molar-refractivity contribution in [3.05, 3.63) is 22.7 Å². The highest BCUT2D eigenvalue weighted by Gasteiger charge is 2.21. The van der Waals surface area contributed by atoms with Gasteiger partial charge in [-0.25, -0.2) is 4.98 Å². The van der Waals surface area contributed by atoms with E-state index in [2.05, 4.69) is 22.1 Å². The maximum atomic E-state index is 11.9. The van der Waals surface area contributed by atoms with E-state index in [0.29, 0.717) is 11.9 Å². The van der Waals surface area contributed by atoms with E-state index in [-0.39, 0.29) is 5.56 Å². The summed E-state index contributed by atoms with van der Waals surface area (Å²) in [5.41, 5.74) is -0.00518. The molecule has 5 nitrogen and oxygen atoms in total. The molecule has 0 unspecified atom stereocenters. The molecular formula is C12H20N4O. The summed E-state index contributed by atoms with van der Waals surface area (Å²) < 4.78 is 1.58. The molecule has 1 aliphatic rings. The van der Waals surface area contributed by atoms with Crippen molar-refractivity contribution >= 4 is 5.82 Å². The van der Waals surface area contributed by atoms with Crippen LogP contribution >= 0.6 is 0 Å². The molecular weight excluding hydrogens is 216 g/mol. The predicted octanol–water partition coefficient (Wildman–Crippen LogP) is 0.359. The monoisotopic (exact) mass is 236 g/mol. The van der Waals surface area contributed by atoms with Crippen LogP contribution in [0, 0.1) is 0 Å². The topological polar surface area (TPSA) is 50.2 Å².